The van der Waals surface area contributed by atoms with Crippen LogP contribution in [0.15, 0.2) is 273 Å². The number of rotatable bonds is 8. The largest absolute Gasteiger partial charge is 0.309 e. The number of benzene rings is 11. The van der Waals surface area contributed by atoms with E-state index in [9.17, 15) is 0 Å². The van der Waals surface area contributed by atoms with Crippen molar-refractivity contribution < 1.29 is 0 Å². The summed E-state index contributed by atoms with van der Waals surface area (Å²) in [6.45, 7) is 0. The topological polar surface area (TPSA) is 14.8 Å². The summed E-state index contributed by atoms with van der Waals surface area (Å²) in [5.41, 5.74) is 12.9. The Bertz CT molecular complexity index is 4110. The summed E-state index contributed by atoms with van der Waals surface area (Å²) >= 11 is 0. The van der Waals surface area contributed by atoms with E-state index in [-0.39, 0.29) is 0 Å². The van der Waals surface area contributed by atoms with E-state index in [1.165, 1.54) is 91.8 Å². The van der Waals surface area contributed by atoms with Gasteiger partial charge >= 0.3 is 0 Å². The van der Waals surface area contributed by atoms with Crippen molar-refractivity contribution >= 4 is 94.2 Å². The van der Waals surface area contributed by atoms with Gasteiger partial charge in [-0.2, -0.15) is 0 Å². The van der Waals surface area contributed by atoms with Crippen LogP contribution >= 0.6 is 0 Å². The lowest BCUT2D eigenvalue weighted by Crippen LogP contribution is -2.75. The third kappa shape index (κ3) is 5.87. The van der Waals surface area contributed by atoms with Crippen molar-refractivity contribution in [2.75, 3.05) is 0 Å². The standard InChI is InChI=1S/C66H45N3Si/c1-5-22-46(23-6-1)47-40-42-48(43-41-47)67-57-35-17-15-32-54(57)55-34-21-39-62(65(55)67)69-60-38-20-16-33-56(60)64-61(68-58-36-18-13-30-52(58)53-31-14-19-37-59(53)68)44-45-63(66(64)69)70(49-24-7-2-8-25-49,50-26-9-3-10-27-50)51-28-11-4-12-29-51/h1-45H. The van der Waals surface area contributed by atoms with Crippen LogP contribution in [0.25, 0.3) is 93.6 Å². The van der Waals surface area contributed by atoms with E-state index in [4.69, 9.17) is 0 Å². The minimum atomic E-state index is -3.16. The second kappa shape index (κ2) is 16.1. The minimum absolute atomic E-state index is 1.12. The van der Waals surface area contributed by atoms with Crippen molar-refractivity contribution in [2.45, 2.75) is 0 Å². The molecule has 3 aromatic heterocycles. The van der Waals surface area contributed by atoms with Crippen LogP contribution in [-0.4, -0.2) is 21.8 Å². The molecule has 0 saturated heterocycles. The molecule has 4 heteroatoms. The van der Waals surface area contributed by atoms with Gasteiger partial charge in [-0.05, 0) is 80.4 Å². The van der Waals surface area contributed by atoms with Crippen molar-refractivity contribution in [2.24, 2.45) is 0 Å². The van der Waals surface area contributed by atoms with E-state index in [1.54, 1.807) is 0 Å². The molecule has 0 fully saturated rings. The lowest BCUT2D eigenvalue weighted by Gasteiger charge is -2.35. The van der Waals surface area contributed by atoms with Crippen molar-refractivity contribution in [3.8, 4) is 28.2 Å². The van der Waals surface area contributed by atoms with Gasteiger partial charge in [0, 0.05) is 38.0 Å². The van der Waals surface area contributed by atoms with Gasteiger partial charge in [0.2, 0.25) is 0 Å². The predicted molar refractivity (Wildman–Crippen MR) is 299 cm³/mol. The average molecular weight is 908 g/mol. The van der Waals surface area contributed by atoms with E-state index >= 15 is 0 Å². The van der Waals surface area contributed by atoms with Crippen molar-refractivity contribution in [3.05, 3.63) is 273 Å². The Hall–Kier alpha value is -8.96. The van der Waals surface area contributed by atoms with Gasteiger partial charge in [0.1, 0.15) is 0 Å². The Kier molecular flexibility index (Phi) is 9.23. The molecule has 0 aliphatic rings. The third-order valence-electron chi connectivity index (χ3n) is 14.8. The summed E-state index contributed by atoms with van der Waals surface area (Å²) in [7, 11) is -3.16. The summed E-state index contributed by atoms with van der Waals surface area (Å²) in [6, 6.07) is 102. The molecule has 70 heavy (non-hydrogen) atoms. The van der Waals surface area contributed by atoms with E-state index < -0.39 is 8.07 Å². The van der Waals surface area contributed by atoms with Gasteiger partial charge in [-0.1, -0.05) is 224 Å². The highest BCUT2D eigenvalue weighted by atomic mass is 28.3. The first-order valence-electron chi connectivity index (χ1n) is 24.2. The molecule has 14 rings (SSSR count). The fourth-order valence-corrected chi connectivity index (χ4v) is 16.8. The van der Waals surface area contributed by atoms with Crippen molar-refractivity contribution in [1.82, 2.24) is 13.7 Å². The number of fused-ring (bicyclic) bond motifs is 9. The molecular weight excluding hydrogens is 863 g/mol. The van der Waals surface area contributed by atoms with Gasteiger partial charge in [-0.3, -0.25) is 0 Å². The van der Waals surface area contributed by atoms with Gasteiger partial charge < -0.3 is 13.7 Å². The fraction of sp³-hybridized carbons (Fsp3) is 0. The lowest BCUT2D eigenvalue weighted by molar-refractivity contribution is 1.13. The van der Waals surface area contributed by atoms with Crippen LogP contribution in [0, 0.1) is 0 Å². The van der Waals surface area contributed by atoms with Crippen molar-refractivity contribution in [3.63, 3.8) is 0 Å². The molecule has 3 heterocycles. The molecule has 328 valence electrons. The first-order chi connectivity index (χ1) is 34.8. The van der Waals surface area contributed by atoms with Crippen LogP contribution in [0.2, 0.25) is 0 Å². The molecule has 0 radical (unpaired) electrons. The Morgan fingerprint density at radius 2 is 0.657 bits per heavy atom. The zero-order valence-corrected chi connectivity index (χ0v) is 39.3. The molecule has 0 atom stereocenters. The van der Waals surface area contributed by atoms with Gasteiger partial charge in [0.05, 0.1) is 44.5 Å². The summed E-state index contributed by atoms with van der Waals surface area (Å²) in [5, 5.41) is 12.7. The fourth-order valence-electron chi connectivity index (χ4n) is 11.9. The molecule has 0 N–H and O–H groups in total. The molecule has 3 nitrogen and oxygen atoms in total. The van der Waals surface area contributed by atoms with Crippen LogP contribution in [-0.2, 0) is 0 Å². The molecule has 0 saturated carbocycles. The second-order valence-electron chi connectivity index (χ2n) is 18.4. The second-order valence-corrected chi connectivity index (χ2v) is 22.1. The molecule has 0 bridgehead atoms. The summed E-state index contributed by atoms with van der Waals surface area (Å²) in [6.07, 6.45) is 0. The summed E-state index contributed by atoms with van der Waals surface area (Å²) < 4.78 is 7.67. The maximum absolute atomic E-state index is 3.16. The molecular formula is C66H45N3Si. The zero-order valence-electron chi connectivity index (χ0n) is 38.3. The maximum atomic E-state index is 2.64. The number of hydrogen-bond donors (Lipinski definition) is 0. The number of aromatic nitrogens is 3. The predicted octanol–water partition coefficient (Wildman–Crippen LogP) is 14.0. The minimum Gasteiger partial charge on any atom is -0.309 e. The summed E-state index contributed by atoms with van der Waals surface area (Å²) in [4.78, 5) is 0. The highest BCUT2D eigenvalue weighted by Gasteiger charge is 2.44. The quantitative estimate of drug-likeness (QED) is 0.107. The highest BCUT2D eigenvalue weighted by Crippen LogP contribution is 2.43. The average Bonchev–Trinajstić information content (AvgIpc) is 4.09. The zero-order chi connectivity index (χ0) is 46.2. The summed E-state index contributed by atoms with van der Waals surface area (Å²) in [5.74, 6) is 0. The van der Waals surface area contributed by atoms with E-state index in [0.717, 1.165) is 22.6 Å². The number of para-hydroxylation sites is 5. The lowest BCUT2D eigenvalue weighted by atomic mass is 10.1. The molecule has 0 spiro atoms. The van der Waals surface area contributed by atoms with Gasteiger partial charge in [0.15, 0.2) is 8.07 Å². The first kappa shape index (κ1) is 40.1. The van der Waals surface area contributed by atoms with Crippen LogP contribution in [0.1, 0.15) is 0 Å². The first-order valence-corrected chi connectivity index (χ1v) is 26.2. The van der Waals surface area contributed by atoms with Gasteiger partial charge in [0.25, 0.3) is 0 Å². The SMILES string of the molecule is c1ccc(-c2ccc(-n3c4ccccc4c4cccc(-n5c6ccccc6c6c(-n7c8ccccc8c8ccccc87)ccc([Si](c7ccccc7)(c7ccccc7)c7ccccc7)c65)c43)cc2)cc1. The number of hydrogen-bond acceptors (Lipinski definition) is 0. The molecule has 14 aromatic rings. The smallest absolute Gasteiger partial charge is 0.181 e. The molecule has 0 amide bonds. The van der Waals surface area contributed by atoms with Gasteiger partial charge in [-0.25, -0.2) is 0 Å². The van der Waals surface area contributed by atoms with E-state index in [0.29, 0.717) is 0 Å². The monoisotopic (exact) mass is 907 g/mol. The van der Waals surface area contributed by atoms with Crippen LogP contribution in [0.5, 0.6) is 0 Å². The number of nitrogens with zero attached hydrogens (tertiary/aromatic N) is 3. The molecule has 11 aromatic carbocycles. The van der Waals surface area contributed by atoms with E-state index in [2.05, 4.69) is 287 Å². The molecule has 0 aliphatic carbocycles. The Labute approximate surface area is 407 Å². The highest BCUT2D eigenvalue weighted by molar-refractivity contribution is 7.20. The van der Waals surface area contributed by atoms with Crippen LogP contribution < -0.4 is 20.7 Å². The van der Waals surface area contributed by atoms with E-state index in [1.807, 2.05) is 0 Å². The maximum Gasteiger partial charge on any atom is 0.181 e. The molecule has 0 aliphatic heterocycles. The molecule has 0 unspecified atom stereocenters. The Morgan fingerprint density at radius 1 is 0.243 bits per heavy atom. The van der Waals surface area contributed by atoms with Gasteiger partial charge in [-0.15, -0.1) is 0 Å². The normalized spacial score (nSPS) is 12.0. The third-order valence-corrected chi connectivity index (χ3v) is 19.6. The Balaban J connectivity index is 1.20. The van der Waals surface area contributed by atoms with Crippen LogP contribution in [0.4, 0.5) is 0 Å². The Morgan fingerprint density at radius 3 is 1.20 bits per heavy atom. The van der Waals surface area contributed by atoms with Crippen molar-refractivity contribution in [1.29, 1.82) is 0 Å². The van der Waals surface area contributed by atoms with Crippen LogP contribution in [0.3, 0.4) is 0 Å².